The Morgan fingerprint density at radius 3 is 2.93 bits per heavy atom. The predicted molar refractivity (Wildman–Crippen MR) is 110 cm³/mol. The second kappa shape index (κ2) is 8.69. The van der Waals surface area contributed by atoms with Gasteiger partial charge in [-0.3, -0.25) is 14.5 Å². The van der Waals surface area contributed by atoms with Gasteiger partial charge < -0.3 is 21.0 Å². The van der Waals surface area contributed by atoms with Crippen molar-refractivity contribution in [3.05, 3.63) is 22.3 Å². The van der Waals surface area contributed by atoms with Crippen molar-refractivity contribution in [3.8, 4) is 0 Å². The topological polar surface area (TPSA) is 160 Å². The molecule has 152 valence electrons. The predicted octanol–water partition coefficient (Wildman–Crippen LogP) is -0.0828. The Morgan fingerprint density at radius 1 is 1.59 bits per heavy atom. The molecule has 1 unspecified atom stereocenters. The number of amides is 2. The highest BCUT2D eigenvalue weighted by molar-refractivity contribution is 8.00. The number of carbonyl (C=O) groups is 3. The lowest BCUT2D eigenvalue weighted by atomic mass is 10.0. The van der Waals surface area contributed by atoms with Gasteiger partial charge in [-0.1, -0.05) is 5.16 Å². The number of carboxylic acid groups (broad SMARTS) is 1. The molecule has 3 heterocycles. The molecule has 0 radical (unpaired) electrons. The van der Waals surface area contributed by atoms with Crippen molar-refractivity contribution in [2.24, 2.45) is 10.1 Å². The van der Waals surface area contributed by atoms with Crippen molar-refractivity contribution in [2.45, 2.75) is 11.4 Å². The van der Waals surface area contributed by atoms with E-state index in [0.717, 1.165) is 16.2 Å². The highest BCUT2D eigenvalue weighted by Crippen LogP contribution is 2.40. The number of nitrogens with zero attached hydrogens (tertiary/aromatic N) is 4. The summed E-state index contributed by atoms with van der Waals surface area (Å²) in [5, 5.41) is 19.2. The standard InChI is InChI=1S/C15H14N6O5S3/c1-26-20-8(7-4-29-15(16)18-7)11(22)19-9-12(23)21-10(14(24)25)6(2-17-5-27)3-28-13(9)21/h4,9,13H,2-3H2,1H3,(H2,16,18)(H,19,22)(H,24,25)/b20-8+/t9?,13-/m1/s1. The van der Waals surface area contributed by atoms with E-state index in [2.05, 4.69) is 37.8 Å². The Labute approximate surface area is 177 Å². The minimum atomic E-state index is -1.25. The molecular weight excluding hydrogens is 440 g/mol. The minimum absolute atomic E-state index is 0.0432. The van der Waals surface area contributed by atoms with Crippen LogP contribution in [0.15, 0.2) is 26.8 Å². The summed E-state index contributed by atoms with van der Waals surface area (Å²) >= 11 is 6.95. The molecular formula is C15H14N6O5S3. The second-order valence-corrected chi connectivity index (χ2v) is 7.90. The number of carboxylic acids is 1. The Kier molecular flexibility index (Phi) is 6.27. The van der Waals surface area contributed by atoms with Gasteiger partial charge in [-0.05, 0) is 17.8 Å². The van der Waals surface area contributed by atoms with E-state index in [1.807, 2.05) is 0 Å². The highest BCUT2D eigenvalue weighted by atomic mass is 32.2. The number of aliphatic carboxylic acids is 1. The number of nitrogen functional groups attached to an aromatic ring is 1. The van der Waals surface area contributed by atoms with Crippen molar-refractivity contribution in [2.75, 3.05) is 25.1 Å². The summed E-state index contributed by atoms with van der Waals surface area (Å²) < 4.78 is 0. The van der Waals surface area contributed by atoms with Crippen molar-refractivity contribution in [1.29, 1.82) is 0 Å². The van der Waals surface area contributed by atoms with Crippen LogP contribution >= 0.6 is 35.3 Å². The molecule has 1 saturated heterocycles. The largest absolute Gasteiger partial charge is 0.477 e. The zero-order valence-electron chi connectivity index (χ0n) is 14.8. The lowest BCUT2D eigenvalue weighted by Crippen LogP contribution is -2.71. The van der Waals surface area contributed by atoms with E-state index in [9.17, 15) is 19.5 Å². The first-order valence-electron chi connectivity index (χ1n) is 7.96. The van der Waals surface area contributed by atoms with Gasteiger partial charge in [0.05, 0.1) is 11.7 Å². The van der Waals surface area contributed by atoms with Crippen LogP contribution < -0.4 is 11.1 Å². The van der Waals surface area contributed by atoms with Gasteiger partial charge in [0.1, 0.15) is 29.9 Å². The molecule has 2 aliphatic rings. The summed E-state index contributed by atoms with van der Waals surface area (Å²) in [5.41, 5.74) is 5.96. The zero-order chi connectivity index (χ0) is 21.1. The molecule has 1 fully saturated rings. The highest BCUT2D eigenvalue weighted by Gasteiger charge is 2.54. The fourth-order valence-corrected chi connectivity index (χ4v) is 4.78. The van der Waals surface area contributed by atoms with Crippen molar-refractivity contribution >= 4 is 69.1 Å². The summed E-state index contributed by atoms with van der Waals surface area (Å²) in [7, 11) is 1.27. The Balaban J connectivity index is 1.79. The van der Waals surface area contributed by atoms with E-state index in [-0.39, 0.29) is 28.8 Å². The maximum Gasteiger partial charge on any atom is 0.352 e. The molecule has 2 atom stereocenters. The Bertz CT molecular complexity index is 983. The van der Waals surface area contributed by atoms with Gasteiger partial charge in [0.2, 0.25) is 0 Å². The van der Waals surface area contributed by atoms with Gasteiger partial charge in [0, 0.05) is 11.1 Å². The van der Waals surface area contributed by atoms with Crippen LogP contribution in [-0.2, 0) is 19.2 Å². The first-order chi connectivity index (χ1) is 13.9. The quantitative estimate of drug-likeness (QED) is 0.221. The number of aliphatic imine (C=N–C) groups is 1. The SMILES string of the molecule is CO/N=C(/C(=O)NC1C(=O)N2C(C(=O)O)=C(CN=C=S)CS[C@H]12)c1csc(N)n1. The molecule has 4 N–H and O–H groups in total. The van der Waals surface area contributed by atoms with Crippen LogP contribution in [0.5, 0.6) is 0 Å². The number of β-lactam (4-membered cyclic amide) rings is 1. The molecule has 1 aromatic heterocycles. The maximum atomic E-state index is 12.6. The third-order valence-corrected chi connectivity index (χ3v) is 6.18. The van der Waals surface area contributed by atoms with Gasteiger partial charge in [0.15, 0.2) is 10.8 Å². The molecule has 0 saturated carbocycles. The van der Waals surface area contributed by atoms with Crippen LogP contribution in [0, 0.1) is 0 Å². The van der Waals surface area contributed by atoms with Crippen LogP contribution in [0.2, 0.25) is 0 Å². The number of aromatic nitrogens is 1. The third-order valence-electron chi connectivity index (χ3n) is 4.03. The second-order valence-electron chi connectivity index (χ2n) is 5.72. The van der Waals surface area contributed by atoms with Gasteiger partial charge in [0.25, 0.3) is 11.8 Å². The number of thiocarbonyl (C=S) groups is 1. The fraction of sp³-hybridized carbons (Fsp3) is 0.333. The number of thioether (sulfide) groups is 1. The molecule has 2 aliphatic heterocycles. The normalized spacial score (nSPS) is 21.1. The summed E-state index contributed by atoms with van der Waals surface area (Å²) in [6.45, 7) is 0.0432. The van der Waals surface area contributed by atoms with Crippen molar-refractivity contribution in [1.82, 2.24) is 15.2 Å². The molecule has 14 heteroatoms. The lowest BCUT2D eigenvalue weighted by Gasteiger charge is -2.49. The van der Waals surface area contributed by atoms with Gasteiger partial charge in [-0.2, -0.15) is 0 Å². The Hall–Kier alpha value is -2.80. The molecule has 3 rings (SSSR count). The number of isothiocyanates is 1. The van der Waals surface area contributed by atoms with Crippen LogP contribution in [-0.4, -0.2) is 74.5 Å². The molecule has 2 amide bonds. The van der Waals surface area contributed by atoms with Gasteiger partial charge in [-0.15, -0.1) is 23.1 Å². The average Bonchev–Trinajstić information content (AvgIpc) is 3.13. The number of carbonyl (C=O) groups excluding carboxylic acids is 2. The number of hydrogen-bond acceptors (Lipinski definition) is 11. The van der Waals surface area contributed by atoms with Crippen LogP contribution in [0.3, 0.4) is 0 Å². The number of thiazole rings is 1. The number of oxime groups is 1. The molecule has 0 bridgehead atoms. The first kappa shape index (κ1) is 20.9. The molecule has 29 heavy (non-hydrogen) atoms. The van der Waals surface area contributed by atoms with E-state index in [4.69, 9.17) is 10.6 Å². The summed E-state index contributed by atoms with van der Waals surface area (Å²) in [6, 6.07) is -0.921. The number of anilines is 1. The number of nitrogens with one attached hydrogen (secondary N) is 1. The molecule has 1 aromatic rings. The van der Waals surface area contributed by atoms with Crippen LogP contribution in [0.25, 0.3) is 0 Å². The molecule has 0 aromatic carbocycles. The minimum Gasteiger partial charge on any atom is -0.477 e. The smallest absolute Gasteiger partial charge is 0.352 e. The van der Waals surface area contributed by atoms with E-state index in [1.54, 1.807) is 0 Å². The number of nitrogens with two attached hydrogens (primary N) is 1. The van der Waals surface area contributed by atoms with E-state index in [0.29, 0.717) is 11.3 Å². The molecule has 11 nitrogen and oxygen atoms in total. The summed E-state index contributed by atoms with van der Waals surface area (Å²) in [5.74, 6) is -2.16. The number of fused-ring (bicyclic) bond motifs is 1. The van der Waals surface area contributed by atoms with Crippen molar-refractivity contribution in [3.63, 3.8) is 0 Å². The monoisotopic (exact) mass is 454 g/mol. The summed E-state index contributed by atoms with van der Waals surface area (Å²) in [6.07, 6.45) is 0. The van der Waals surface area contributed by atoms with Crippen LogP contribution in [0.4, 0.5) is 5.13 Å². The van der Waals surface area contributed by atoms with Crippen LogP contribution in [0.1, 0.15) is 5.69 Å². The van der Waals surface area contributed by atoms with E-state index < -0.39 is 29.2 Å². The average molecular weight is 455 g/mol. The zero-order valence-corrected chi connectivity index (χ0v) is 17.3. The van der Waals surface area contributed by atoms with Gasteiger partial charge in [-0.25, -0.2) is 14.8 Å². The van der Waals surface area contributed by atoms with E-state index in [1.165, 1.54) is 24.3 Å². The van der Waals surface area contributed by atoms with Gasteiger partial charge >= 0.3 is 5.97 Å². The lowest BCUT2D eigenvalue weighted by molar-refractivity contribution is -0.150. The van der Waals surface area contributed by atoms with Crippen molar-refractivity contribution < 1.29 is 24.3 Å². The Morgan fingerprint density at radius 2 is 2.34 bits per heavy atom. The number of hydrogen-bond donors (Lipinski definition) is 3. The van der Waals surface area contributed by atoms with E-state index >= 15 is 0 Å². The third kappa shape index (κ3) is 4.00. The molecule has 0 aliphatic carbocycles. The molecule has 0 spiro atoms. The summed E-state index contributed by atoms with van der Waals surface area (Å²) in [4.78, 5) is 50.5. The fourth-order valence-electron chi connectivity index (χ4n) is 2.83. The number of rotatable bonds is 7. The maximum absolute atomic E-state index is 12.6. The first-order valence-corrected chi connectivity index (χ1v) is 10.3.